The molecule has 0 radical (unpaired) electrons. The van der Waals surface area contributed by atoms with Gasteiger partial charge < -0.3 is 4.74 Å². The van der Waals surface area contributed by atoms with Crippen LogP contribution in [-0.2, 0) is 15.0 Å². The molecular formula is C4H5FO3S. The minimum absolute atomic E-state index is 0.191. The van der Waals surface area contributed by atoms with Crippen molar-refractivity contribution in [3.8, 4) is 12.3 Å². The van der Waals surface area contributed by atoms with Gasteiger partial charge in [-0.2, -0.15) is 8.42 Å². The molecule has 0 unspecified atom stereocenters. The highest BCUT2D eigenvalue weighted by Gasteiger charge is 2.04. The molecule has 0 amide bonds. The van der Waals surface area contributed by atoms with Crippen molar-refractivity contribution >= 4 is 10.2 Å². The normalized spacial score (nSPS) is 10.7. The van der Waals surface area contributed by atoms with Gasteiger partial charge in [0, 0.05) is 0 Å². The van der Waals surface area contributed by atoms with E-state index in [9.17, 15) is 12.3 Å². The number of hydrogen-bond donors (Lipinski definition) is 0. The molecule has 0 fully saturated rings. The van der Waals surface area contributed by atoms with Crippen LogP contribution < -0.4 is 0 Å². The van der Waals surface area contributed by atoms with Gasteiger partial charge in [0.25, 0.3) is 0 Å². The Kier molecular flexibility index (Phi) is 3.20. The standard InChI is InChI=1S/C4H5FO3S/c1-2-3-8-4-9(5,6)7/h1H,3-4H2. The predicted molar refractivity (Wildman–Crippen MR) is 29.7 cm³/mol. The van der Waals surface area contributed by atoms with Gasteiger partial charge in [-0.3, -0.25) is 0 Å². The van der Waals surface area contributed by atoms with Crippen LogP contribution in [0, 0.1) is 12.3 Å². The maximum Gasteiger partial charge on any atom is 0.326 e. The van der Waals surface area contributed by atoms with E-state index in [1.165, 1.54) is 0 Å². The van der Waals surface area contributed by atoms with Crippen molar-refractivity contribution in [3.05, 3.63) is 0 Å². The van der Waals surface area contributed by atoms with E-state index in [0.717, 1.165) is 0 Å². The van der Waals surface area contributed by atoms with Crippen LogP contribution in [0.1, 0.15) is 0 Å². The lowest BCUT2D eigenvalue weighted by molar-refractivity contribution is 0.211. The van der Waals surface area contributed by atoms with Crippen molar-refractivity contribution in [2.45, 2.75) is 0 Å². The van der Waals surface area contributed by atoms with Crippen molar-refractivity contribution in [2.24, 2.45) is 0 Å². The molecule has 52 valence electrons. The first-order valence-corrected chi connectivity index (χ1v) is 3.55. The van der Waals surface area contributed by atoms with Gasteiger partial charge in [-0.25, -0.2) is 0 Å². The molecule has 0 bridgehead atoms. The van der Waals surface area contributed by atoms with Gasteiger partial charge in [0.2, 0.25) is 0 Å². The SMILES string of the molecule is C#CCOCS(=O)(=O)F. The molecule has 0 N–H and O–H groups in total. The average Bonchev–Trinajstić information content (AvgIpc) is 1.63. The summed E-state index contributed by atoms with van der Waals surface area (Å²) in [5, 5.41) is 0. The Balaban J connectivity index is 3.44. The highest BCUT2D eigenvalue weighted by Crippen LogP contribution is 1.89. The Bertz CT molecular complexity index is 200. The predicted octanol–water partition coefficient (Wildman–Crippen LogP) is -0.107. The molecule has 9 heavy (non-hydrogen) atoms. The number of rotatable bonds is 3. The molecular weight excluding hydrogens is 147 g/mol. The quantitative estimate of drug-likeness (QED) is 0.322. The molecule has 0 saturated carbocycles. The lowest BCUT2D eigenvalue weighted by Crippen LogP contribution is -2.03. The van der Waals surface area contributed by atoms with Crippen LogP contribution >= 0.6 is 0 Å². The molecule has 0 aromatic carbocycles. The fourth-order valence-electron chi connectivity index (χ4n) is 0.200. The Morgan fingerprint density at radius 3 is 2.56 bits per heavy atom. The van der Waals surface area contributed by atoms with E-state index in [1.54, 1.807) is 0 Å². The summed E-state index contributed by atoms with van der Waals surface area (Å²) in [6.07, 6.45) is 4.67. The van der Waals surface area contributed by atoms with Crippen molar-refractivity contribution in [1.29, 1.82) is 0 Å². The van der Waals surface area contributed by atoms with Crippen molar-refractivity contribution in [1.82, 2.24) is 0 Å². The van der Waals surface area contributed by atoms with Crippen LogP contribution in [0.2, 0.25) is 0 Å². The summed E-state index contributed by atoms with van der Waals surface area (Å²) in [5.41, 5.74) is 0. The Morgan fingerprint density at radius 1 is 1.67 bits per heavy atom. The Hall–Kier alpha value is -0.600. The second-order valence-corrected chi connectivity index (χ2v) is 2.52. The van der Waals surface area contributed by atoms with Crippen LogP contribution in [0.3, 0.4) is 0 Å². The number of ether oxygens (including phenoxy) is 1. The molecule has 0 aromatic rings. The monoisotopic (exact) mass is 152 g/mol. The fraction of sp³-hybridized carbons (Fsp3) is 0.500. The maximum atomic E-state index is 11.5. The van der Waals surface area contributed by atoms with Gasteiger partial charge in [-0.1, -0.05) is 5.92 Å². The minimum atomic E-state index is -4.51. The third kappa shape index (κ3) is 7.40. The highest BCUT2D eigenvalue weighted by atomic mass is 32.3. The molecule has 0 saturated heterocycles. The second-order valence-electron chi connectivity index (χ2n) is 1.21. The Labute approximate surface area is 53.0 Å². The largest absolute Gasteiger partial charge is 0.350 e. The first-order valence-electron chi connectivity index (χ1n) is 2.00. The zero-order chi connectivity index (χ0) is 7.33. The van der Waals surface area contributed by atoms with Gasteiger partial charge in [0.1, 0.15) is 6.61 Å². The molecule has 3 nitrogen and oxygen atoms in total. The van der Waals surface area contributed by atoms with Crippen LogP contribution in [-0.4, -0.2) is 21.0 Å². The number of hydrogen-bond acceptors (Lipinski definition) is 3. The third-order valence-electron chi connectivity index (χ3n) is 0.409. The van der Waals surface area contributed by atoms with Crippen LogP contribution in [0.25, 0.3) is 0 Å². The molecule has 0 atom stereocenters. The molecule has 0 aromatic heterocycles. The summed E-state index contributed by atoms with van der Waals surface area (Å²) in [6, 6.07) is 0. The second kappa shape index (κ2) is 3.43. The fourth-order valence-corrected chi connectivity index (χ4v) is 0.483. The summed E-state index contributed by atoms with van der Waals surface area (Å²) < 4.78 is 34.9. The summed E-state index contributed by atoms with van der Waals surface area (Å²) in [5.74, 6) is 1.03. The average molecular weight is 152 g/mol. The summed E-state index contributed by atoms with van der Waals surface area (Å²) in [7, 11) is -4.51. The van der Waals surface area contributed by atoms with E-state index in [-0.39, 0.29) is 6.61 Å². The molecule has 5 heteroatoms. The third-order valence-corrected chi connectivity index (χ3v) is 0.858. The highest BCUT2D eigenvalue weighted by molar-refractivity contribution is 7.86. The lowest BCUT2D eigenvalue weighted by Gasteiger charge is -1.91. The maximum absolute atomic E-state index is 11.5. The summed E-state index contributed by atoms with van der Waals surface area (Å²) in [6.45, 7) is -0.191. The van der Waals surface area contributed by atoms with Gasteiger partial charge in [-0.05, 0) is 0 Å². The van der Waals surface area contributed by atoms with Gasteiger partial charge >= 0.3 is 10.2 Å². The van der Waals surface area contributed by atoms with E-state index in [1.807, 2.05) is 5.92 Å². The summed E-state index contributed by atoms with van der Waals surface area (Å²) in [4.78, 5) is 0. The van der Waals surface area contributed by atoms with Gasteiger partial charge in [-0.15, -0.1) is 10.3 Å². The molecule has 0 aliphatic rings. The van der Waals surface area contributed by atoms with Crippen molar-refractivity contribution < 1.29 is 17.0 Å². The Morgan fingerprint density at radius 2 is 2.22 bits per heavy atom. The molecule has 0 spiro atoms. The number of halogens is 1. The summed E-state index contributed by atoms with van der Waals surface area (Å²) >= 11 is 0. The van der Waals surface area contributed by atoms with Gasteiger partial charge in [0.15, 0.2) is 5.94 Å². The topological polar surface area (TPSA) is 43.4 Å². The van der Waals surface area contributed by atoms with E-state index >= 15 is 0 Å². The molecule has 0 heterocycles. The first kappa shape index (κ1) is 8.40. The first-order chi connectivity index (χ1) is 4.06. The smallest absolute Gasteiger partial charge is 0.326 e. The minimum Gasteiger partial charge on any atom is -0.350 e. The van der Waals surface area contributed by atoms with E-state index in [0.29, 0.717) is 0 Å². The zero-order valence-corrected chi connectivity index (χ0v) is 5.32. The molecule has 0 aliphatic carbocycles. The number of terminal acetylenes is 1. The van der Waals surface area contributed by atoms with Crippen LogP contribution in [0.5, 0.6) is 0 Å². The van der Waals surface area contributed by atoms with Crippen molar-refractivity contribution in [3.63, 3.8) is 0 Å². The van der Waals surface area contributed by atoms with Crippen LogP contribution in [0.4, 0.5) is 3.89 Å². The molecule has 0 rings (SSSR count). The van der Waals surface area contributed by atoms with E-state index < -0.39 is 16.2 Å². The lowest BCUT2D eigenvalue weighted by atomic mass is 10.8. The van der Waals surface area contributed by atoms with E-state index in [2.05, 4.69) is 11.2 Å². The van der Waals surface area contributed by atoms with Gasteiger partial charge in [0.05, 0.1) is 0 Å². The molecule has 0 aliphatic heterocycles. The van der Waals surface area contributed by atoms with Crippen LogP contribution in [0.15, 0.2) is 0 Å². The van der Waals surface area contributed by atoms with E-state index in [4.69, 9.17) is 0 Å². The zero-order valence-electron chi connectivity index (χ0n) is 4.50. The van der Waals surface area contributed by atoms with Crippen molar-refractivity contribution in [2.75, 3.05) is 12.5 Å².